The Balaban J connectivity index is -0.0000000792. The summed E-state index contributed by atoms with van der Waals surface area (Å²) in [6.07, 6.45) is 14.8. The number of nitrogens with zero attached hydrogens (tertiary/aromatic N) is 2. The zero-order valence-corrected chi connectivity index (χ0v) is 85.2. The first kappa shape index (κ1) is 149. The molecule has 0 aliphatic carbocycles. The number of hydrogen-bond acceptors (Lipinski definition) is 26. The van der Waals surface area contributed by atoms with Gasteiger partial charge in [-0.05, 0) is 193 Å². The number of alkyl halides is 2. The number of likely N-dealkylation sites (N-methyl/N-ethyl adjacent to an activating group) is 1. The first-order valence-corrected chi connectivity index (χ1v) is 43.6. The minimum atomic E-state index is -1.61. The molecule has 0 aliphatic rings. The Morgan fingerprint density at radius 2 is 0.808 bits per heavy atom. The third kappa shape index (κ3) is 91.5. The van der Waals surface area contributed by atoms with Crippen LogP contribution in [-0.2, 0) is 59.6 Å². The topological polar surface area (TPSA) is 492 Å². The number of carbonyl (C=O) groups excluding carboxylic acids is 6. The molecule has 0 saturated carbocycles. The number of aldehydes is 1. The Morgan fingerprint density at radius 3 is 1.06 bits per heavy atom. The van der Waals surface area contributed by atoms with E-state index in [2.05, 4.69) is 96.6 Å². The van der Waals surface area contributed by atoms with Crippen molar-refractivity contribution in [3.63, 3.8) is 0 Å². The fourth-order valence-electron chi connectivity index (χ4n) is 6.90. The van der Waals surface area contributed by atoms with Gasteiger partial charge in [0, 0.05) is 45.0 Å². The molecule has 0 heterocycles. The van der Waals surface area contributed by atoms with E-state index in [0.29, 0.717) is 87.3 Å². The Kier molecular flexibility index (Phi) is 133. The summed E-state index contributed by atoms with van der Waals surface area (Å²) in [4.78, 5) is 87.5. The predicted molar refractivity (Wildman–Crippen MR) is 505 cm³/mol. The Bertz CT molecular complexity index is 3590. The Hall–Kier alpha value is -7.10. The first-order valence-electron chi connectivity index (χ1n) is 38.0. The van der Waals surface area contributed by atoms with Gasteiger partial charge in [-0.1, -0.05) is 129 Å². The van der Waals surface area contributed by atoms with Crippen LogP contribution in [0.3, 0.4) is 0 Å². The van der Waals surface area contributed by atoms with E-state index in [1.54, 1.807) is 65.3 Å². The molecule has 0 radical (unpaired) electrons. The molecule has 5 aromatic rings. The van der Waals surface area contributed by atoms with E-state index in [-0.39, 0.29) is 181 Å². The number of aliphatic hydroxyl groups is 4. The summed E-state index contributed by atoms with van der Waals surface area (Å²) in [5, 5.41) is 99.9. The summed E-state index contributed by atoms with van der Waals surface area (Å²) in [6, 6.07) is 26.1. The van der Waals surface area contributed by atoms with Crippen LogP contribution in [0.2, 0.25) is 0 Å². The van der Waals surface area contributed by atoms with Crippen LogP contribution < -0.4 is 82.8 Å². The number of aromatic hydroxyl groups is 5. The molecule has 38 heteroatoms. The summed E-state index contributed by atoms with van der Waals surface area (Å²) in [7, 11) is 2.20. The number of amides is 2. The molecule has 706 valence electrons. The van der Waals surface area contributed by atoms with Crippen molar-refractivity contribution in [3.05, 3.63) is 120 Å². The first-order chi connectivity index (χ1) is 56.9. The fourth-order valence-corrected chi connectivity index (χ4v) is 7.07. The smallest absolute Gasteiger partial charge is 1.00 e. The number of aliphatic hydroxyl groups excluding tert-OH is 4. The molecule has 5 aromatic carbocycles. The number of carboxylic acid groups (broad SMARTS) is 2. The van der Waals surface area contributed by atoms with E-state index in [0.717, 1.165) is 50.5 Å². The Morgan fingerprint density at radius 1 is 0.536 bits per heavy atom. The van der Waals surface area contributed by atoms with Crippen molar-refractivity contribution in [1.82, 2.24) is 9.80 Å². The minimum Gasteiger partial charge on any atom is -1.00 e. The number of terminal acetylenes is 2. The molecular formula is C87H142Br2ClN2Na2O28P2S+. The molecule has 2 amide bonds. The number of aliphatic carboxylic acids is 2. The zero-order chi connectivity index (χ0) is 94.4. The van der Waals surface area contributed by atoms with Gasteiger partial charge in [0.15, 0.2) is 106 Å². The maximum atomic E-state index is 12.1. The minimum absolute atomic E-state index is 0. The van der Waals surface area contributed by atoms with Crippen molar-refractivity contribution >= 4 is 118 Å². The van der Waals surface area contributed by atoms with Crippen molar-refractivity contribution in [2.24, 2.45) is 0 Å². The van der Waals surface area contributed by atoms with E-state index >= 15 is 0 Å². The number of ether oxygens (including phenoxy) is 7. The number of phenols is 5. The van der Waals surface area contributed by atoms with Crippen molar-refractivity contribution in [2.45, 2.75) is 195 Å². The summed E-state index contributed by atoms with van der Waals surface area (Å²) in [5.41, 5.74) is 0.867. The number of phenolic OH excluding ortho intramolecular Hbond substituents is 5. The van der Waals surface area contributed by atoms with Crippen LogP contribution >= 0.6 is 59.4 Å². The van der Waals surface area contributed by atoms with Crippen LogP contribution in [0.5, 0.6) is 57.5 Å². The molecule has 0 bridgehead atoms. The zero-order valence-electron chi connectivity index (χ0n) is 76.4. The van der Waals surface area contributed by atoms with Gasteiger partial charge in [0.05, 0.1) is 48.6 Å². The van der Waals surface area contributed by atoms with Gasteiger partial charge in [-0.3, -0.25) is 19.2 Å². The number of rotatable bonds is 33. The number of para-hydroxylation sites is 4. The molecule has 0 aromatic heterocycles. The average Bonchev–Trinajstić information content (AvgIpc) is 0.850. The third-order valence-electron chi connectivity index (χ3n) is 12.5. The second-order valence-electron chi connectivity index (χ2n) is 22.2. The largest absolute Gasteiger partial charge is 1.00 e. The standard InChI is InChI=1S/C20H31NO6.C14H20O5.C11H14O5.C9H12O2.C6H12ClNO.C6H6O2.C4H6.C3H7Br.C3H8O.C3H4.C2H3BrO.C2H2O3.C2H2.2CH4.2Na.2H2O.H2P2S.H/c1-5-11-25-17-13-15(19(23)20(24)26-12-6-2)9-10-16(17)27-14-18(22)21(7-3)8-4;1-3-7-18-12-9-10(5-6-11(12)15)13(16)14(17)19-8-4-2;1-2-5-16-9-6-7(3-4-8(9)12)10(13)11(14)15;1-2-7-11-9-6-4-3-5-8(9)10;1-3-8(4-2)6(9)5-7;7-5-3-1-2-4-6(5)8;1-3-4-2;2*1-2-3-4;1-3-2;1-2(3)4;3-1-2(4)5;1-2;;;;;;;1-2-3;/h9-10,13,19,23H,5-8,11-12,14H2,1-4H3;5-6,9,13,15-16H,3-4,7-8H2,1-2H3;3-4,6,10,12-13H,2,5H2,1H3,(H,14,15);3-6,10H,2,7H2,1H3;3-5H2,1-2H3;1-4,7-8H;1-2H3;2-3H2,1H3;4H,2-3H2,1H3;1H,2H3;1H3;1H,(H,4,5);1-2H;2*1H4;;;2*1H2;1H2;/q;;;;;;;;;;;;;;;2*+1;;;;-1/i/hT. The van der Waals surface area contributed by atoms with E-state index in [1.165, 1.54) is 61.9 Å². The summed E-state index contributed by atoms with van der Waals surface area (Å²) >= 11 is 15.5. The molecule has 5 rings (SSSR count). The molecular weight excluding hydrogens is 1860 g/mol. The van der Waals surface area contributed by atoms with Gasteiger partial charge in [-0.15, -0.1) is 48.6 Å². The molecule has 0 spiro atoms. The summed E-state index contributed by atoms with van der Waals surface area (Å²) in [5.74, 6) is 5.16. The number of halogens is 3. The normalized spacial score (nSPS) is 9.45. The van der Waals surface area contributed by atoms with E-state index in [4.69, 9.17) is 81.2 Å². The van der Waals surface area contributed by atoms with Gasteiger partial charge in [0.2, 0.25) is 12.2 Å². The van der Waals surface area contributed by atoms with Crippen LogP contribution in [-0.4, -0.2) is 215 Å². The fraction of sp³-hybridized carbons (Fsp3) is 0.494. The summed E-state index contributed by atoms with van der Waals surface area (Å²) in [6.45, 7) is 34.6. The van der Waals surface area contributed by atoms with Crippen LogP contribution in [0.1, 0.15) is 213 Å². The number of esters is 2. The number of carboxylic acids is 2. The number of hydrogen-bond donors (Lipinski definition) is 11. The van der Waals surface area contributed by atoms with Gasteiger partial charge in [0.1, 0.15) is 5.88 Å². The van der Waals surface area contributed by atoms with Gasteiger partial charge < -0.3 is 112 Å². The van der Waals surface area contributed by atoms with Crippen LogP contribution in [0.15, 0.2) is 103 Å². The van der Waals surface area contributed by atoms with Gasteiger partial charge in [-0.25, -0.2) is 19.2 Å². The quantitative estimate of drug-likeness (QED) is 0.00214. The van der Waals surface area contributed by atoms with Crippen LogP contribution in [0.4, 0.5) is 0 Å². The third-order valence-corrected chi connectivity index (χ3v) is 13.5. The molecule has 0 fully saturated rings. The molecule has 0 aliphatic heterocycles. The van der Waals surface area contributed by atoms with Gasteiger partial charge >= 0.3 is 84.3 Å². The van der Waals surface area contributed by atoms with Crippen LogP contribution in [0, 0.1) is 37.0 Å². The van der Waals surface area contributed by atoms with Gasteiger partial charge in [-0.2, -0.15) is 0 Å². The van der Waals surface area contributed by atoms with E-state index in [9.17, 15) is 59.4 Å². The van der Waals surface area contributed by atoms with Gasteiger partial charge in [0.25, 0.3) is 5.91 Å². The summed E-state index contributed by atoms with van der Waals surface area (Å²) < 4.78 is 43.3. The maximum absolute atomic E-state index is 12.1. The molecule has 14 N–H and O–H groups in total. The van der Waals surface area contributed by atoms with Crippen molar-refractivity contribution in [1.29, 1.82) is 1.28 Å². The Labute approximate surface area is 821 Å². The molecule has 5 atom stereocenters. The second kappa shape index (κ2) is 111. The van der Waals surface area contributed by atoms with E-state index in [1.807, 2.05) is 96.1 Å². The van der Waals surface area contributed by atoms with Crippen molar-refractivity contribution < 1.29 is 199 Å². The average molecular weight is 2000 g/mol. The number of benzene rings is 5. The molecule has 5 unspecified atom stereocenters. The maximum Gasteiger partial charge on any atom is 1.00 e. The number of carbonyl (C=O) groups is 8. The van der Waals surface area contributed by atoms with E-state index < -0.39 is 49.2 Å². The monoisotopic (exact) mass is 2000 g/mol. The predicted octanol–water partition coefficient (Wildman–Crippen LogP) is 10.2. The second-order valence-corrected chi connectivity index (χ2v) is 27.1. The van der Waals surface area contributed by atoms with Crippen LogP contribution in [0.25, 0.3) is 0 Å². The molecule has 125 heavy (non-hydrogen) atoms. The molecule has 0 saturated heterocycles. The molecule has 30 nitrogen and oxygen atoms in total. The van der Waals surface area contributed by atoms with Crippen molar-refractivity contribution in [2.75, 3.05) is 90.2 Å². The SMILES string of the molecule is C.C.C#C.C#CC.CC#CC.CC(=O)Br.CCCBr.CCCO.CCCOC(=O)C(O)c1ccc(O)c(OCCC)c1.CCCOC(=O)C(O)c1ccc(OCC(=O)N(CC)CC)c(OCCC)c1.CCCOc1cc(C(O)C(=O)O)ccc1O.CCCOc1ccccc1O.CCN(CC)C(=O)CCl.O.O=CC(=O)O.Oc1ccccc1O.[3H][P+](P)=S.[H-].[Na+].[Na+].[OH-]. The van der Waals surface area contributed by atoms with Crippen molar-refractivity contribution in [3.8, 4) is 94.5 Å².